The minimum atomic E-state index is -0.139. The molecule has 0 aromatic heterocycles. The van der Waals surface area contributed by atoms with Gasteiger partial charge in [0.25, 0.3) is 0 Å². The highest BCUT2D eigenvalue weighted by atomic mass is 32.1. The topological polar surface area (TPSA) is 68.3 Å². The highest BCUT2D eigenvalue weighted by Crippen LogP contribution is 1.67. The van der Waals surface area contributed by atoms with Gasteiger partial charge in [-0.3, -0.25) is 19.2 Å². The van der Waals surface area contributed by atoms with E-state index in [1.54, 1.807) is 0 Å². The fourth-order valence-corrected chi connectivity index (χ4v) is 0. The molecule has 0 atom stereocenters. The third kappa shape index (κ3) is 37800. The Kier molecular flexibility index (Phi) is 45.1. The predicted molar refractivity (Wildman–Crippen MR) is 84.4 cm³/mol. The van der Waals surface area contributed by atoms with E-state index in [4.69, 9.17) is 0 Å². The summed E-state index contributed by atoms with van der Waals surface area (Å²) in [5, 5.41) is -0.556. The summed E-state index contributed by atoms with van der Waals surface area (Å²) in [6.07, 6.45) is 0. The van der Waals surface area contributed by atoms with Gasteiger partial charge in [0.2, 0.25) is 0 Å². The molecule has 0 saturated heterocycles. The quantitative estimate of drug-likeness (QED) is 0.401. The van der Waals surface area contributed by atoms with Crippen LogP contribution >= 0.6 is 50.5 Å². The molecule has 0 rings (SSSR count). The van der Waals surface area contributed by atoms with Gasteiger partial charge in [0.15, 0.2) is 20.5 Å². The van der Waals surface area contributed by atoms with E-state index in [2.05, 4.69) is 50.5 Å². The van der Waals surface area contributed by atoms with E-state index in [1.165, 1.54) is 27.7 Å². The molecule has 9 heteroatoms. The third-order valence-corrected chi connectivity index (χ3v) is 0. The van der Waals surface area contributed by atoms with E-state index in [0.717, 1.165) is 0 Å². The summed E-state index contributed by atoms with van der Waals surface area (Å²) >= 11 is 13.3. The second-order valence-electron chi connectivity index (χ2n) is 2.08. The van der Waals surface area contributed by atoms with Crippen LogP contribution in [0.1, 0.15) is 27.7 Å². The highest BCUT2D eigenvalue weighted by Gasteiger charge is 1.64. The van der Waals surface area contributed by atoms with Crippen molar-refractivity contribution < 1.29 is 19.2 Å². The smallest absolute Gasteiger partial charge is 0.182 e. The van der Waals surface area contributed by atoms with Crippen molar-refractivity contribution in [3.05, 3.63) is 0 Å². The Morgan fingerprint density at radius 3 is 0.529 bits per heavy atom. The molecule has 0 aliphatic heterocycles. The van der Waals surface area contributed by atoms with Crippen LogP contribution in [-0.2, 0) is 19.2 Å². The normalized spacial score (nSPS) is 6.12. The average Bonchev–Trinajstić information content (AvgIpc) is 1.76. The standard InChI is InChI=1S/4C2H4OS.Si/c4*1-2(3)4;/h4*1H3,(H,3,4);. The minimum Gasteiger partial charge on any atom is -0.288 e. The largest absolute Gasteiger partial charge is 0.288 e. The van der Waals surface area contributed by atoms with E-state index >= 15 is 0 Å². The molecule has 0 heterocycles. The van der Waals surface area contributed by atoms with E-state index in [1.807, 2.05) is 0 Å². The van der Waals surface area contributed by atoms with Gasteiger partial charge in [0.05, 0.1) is 0 Å². The molecule has 0 fully saturated rings. The summed E-state index contributed by atoms with van der Waals surface area (Å²) in [5.41, 5.74) is 0. The number of rotatable bonds is 0. The molecule has 0 unspecified atom stereocenters. The summed E-state index contributed by atoms with van der Waals surface area (Å²) in [7, 11) is 0. The molecule has 4 nitrogen and oxygen atoms in total. The lowest BCUT2D eigenvalue weighted by molar-refractivity contribution is -0.109. The zero-order valence-corrected chi connectivity index (χ0v) is 14.5. The number of carbonyl (C=O) groups excluding carboxylic acids is 4. The molecule has 4 radical (unpaired) electrons. The summed E-state index contributed by atoms with van der Waals surface area (Å²) in [4.78, 5) is 37.2. The Morgan fingerprint density at radius 2 is 0.529 bits per heavy atom. The Labute approximate surface area is 128 Å². The van der Waals surface area contributed by atoms with Gasteiger partial charge >= 0.3 is 0 Å². The first-order valence-electron chi connectivity index (χ1n) is 3.71. The van der Waals surface area contributed by atoms with Crippen LogP contribution in [0.25, 0.3) is 0 Å². The van der Waals surface area contributed by atoms with Gasteiger partial charge in [0.1, 0.15) is 0 Å². The van der Waals surface area contributed by atoms with Crippen LogP contribution in [0.15, 0.2) is 0 Å². The number of hydrogen-bond acceptors (Lipinski definition) is 4. The Bertz CT molecular complexity index is 170. The first-order chi connectivity index (χ1) is 6.93. The van der Waals surface area contributed by atoms with Crippen LogP contribution < -0.4 is 0 Å². The molecule has 0 bridgehead atoms. The molecular weight excluding hydrogens is 316 g/mol. The summed E-state index contributed by atoms with van der Waals surface area (Å²) < 4.78 is 0. The van der Waals surface area contributed by atoms with Crippen LogP contribution in [0.2, 0.25) is 0 Å². The number of thiol groups is 4. The van der Waals surface area contributed by atoms with E-state index in [-0.39, 0.29) is 31.4 Å². The van der Waals surface area contributed by atoms with Gasteiger partial charge in [-0.2, -0.15) is 0 Å². The molecule has 0 aliphatic carbocycles. The SMILES string of the molecule is CC(=O)S.CC(=O)S.CC(=O)S.CC(=O)S.[Si]. The fourth-order valence-electron chi connectivity index (χ4n) is 0. The minimum absolute atomic E-state index is 0. The fraction of sp³-hybridized carbons (Fsp3) is 0.500. The maximum absolute atomic E-state index is 9.31. The molecule has 17 heavy (non-hydrogen) atoms. The predicted octanol–water partition coefficient (Wildman–Crippen LogP) is 1.47. The van der Waals surface area contributed by atoms with E-state index in [9.17, 15) is 19.2 Å². The zero-order chi connectivity index (χ0) is 14.3. The molecular formula is C8H16O4S4Si. The Morgan fingerprint density at radius 1 is 0.529 bits per heavy atom. The second-order valence-corrected chi connectivity index (χ2v) is 4.60. The van der Waals surface area contributed by atoms with Crippen molar-refractivity contribution in [2.45, 2.75) is 27.7 Å². The van der Waals surface area contributed by atoms with E-state index < -0.39 is 0 Å². The Hall–Kier alpha value is 0.297. The van der Waals surface area contributed by atoms with Gasteiger partial charge in [0, 0.05) is 38.7 Å². The molecule has 0 saturated carbocycles. The van der Waals surface area contributed by atoms with Gasteiger partial charge in [-0.15, -0.1) is 50.5 Å². The lowest BCUT2D eigenvalue weighted by atomic mass is 10.9. The van der Waals surface area contributed by atoms with E-state index in [0.29, 0.717) is 0 Å². The lowest BCUT2D eigenvalue weighted by Gasteiger charge is -1.55. The monoisotopic (exact) mass is 332 g/mol. The lowest BCUT2D eigenvalue weighted by Crippen LogP contribution is -1.62. The Balaban J connectivity index is -0.0000000369. The first-order valence-corrected chi connectivity index (χ1v) is 5.50. The summed E-state index contributed by atoms with van der Waals surface area (Å²) in [6, 6.07) is 0. The van der Waals surface area contributed by atoms with Crippen molar-refractivity contribution in [1.82, 2.24) is 0 Å². The second kappa shape index (κ2) is 25.2. The van der Waals surface area contributed by atoms with Crippen molar-refractivity contribution in [3.63, 3.8) is 0 Å². The highest BCUT2D eigenvalue weighted by molar-refractivity contribution is 7.97. The molecule has 0 aromatic carbocycles. The maximum Gasteiger partial charge on any atom is 0.182 e. The van der Waals surface area contributed by atoms with Gasteiger partial charge in [-0.1, -0.05) is 0 Å². The van der Waals surface area contributed by atoms with Crippen LogP contribution in [0.3, 0.4) is 0 Å². The van der Waals surface area contributed by atoms with Crippen LogP contribution in [0.4, 0.5) is 0 Å². The van der Waals surface area contributed by atoms with Gasteiger partial charge < -0.3 is 0 Å². The molecule has 0 amide bonds. The van der Waals surface area contributed by atoms with Gasteiger partial charge in [-0.25, -0.2) is 0 Å². The summed E-state index contributed by atoms with van der Waals surface area (Å²) in [6.45, 7) is 5.57. The summed E-state index contributed by atoms with van der Waals surface area (Å²) in [5.74, 6) is 0. The maximum atomic E-state index is 9.31. The van der Waals surface area contributed by atoms with Crippen molar-refractivity contribution >= 4 is 81.9 Å². The molecule has 100 valence electrons. The molecule has 0 spiro atoms. The average molecular weight is 333 g/mol. The molecule has 0 aromatic rings. The van der Waals surface area contributed by atoms with Crippen LogP contribution in [0.5, 0.6) is 0 Å². The van der Waals surface area contributed by atoms with Crippen LogP contribution in [-0.4, -0.2) is 31.4 Å². The number of hydrogen-bond donors (Lipinski definition) is 4. The van der Waals surface area contributed by atoms with Crippen molar-refractivity contribution in [2.75, 3.05) is 0 Å². The zero-order valence-electron chi connectivity index (χ0n) is 9.92. The number of carbonyl (C=O) groups is 4. The molecule has 0 N–H and O–H groups in total. The third-order valence-electron chi connectivity index (χ3n) is 0. The molecule has 0 aliphatic rings. The van der Waals surface area contributed by atoms with Crippen molar-refractivity contribution in [1.29, 1.82) is 0 Å². The van der Waals surface area contributed by atoms with Crippen molar-refractivity contribution in [3.8, 4) is 0 Å². The van der Waals surface area contributed by atoms with Crippen molar-refractivity contribution in [2.24, 2.45) is 0 Å². The van der Waals surface area contributed by atoms with Gasteiger partial charge in [-0.05, 0) is 0 Å². The first kappa shape index (κ1) is 30.4. The van der Waals surface area contributed by atoms with Crippen LogP contribution in [0, 0.1) is 0 Å².